The molecule has 1 nitrogen and oxygen atoms in total. The van der Waals surface area contributed by atoms with Gasteiger partial charge in [-0.2, -0.15) is 0 Å². The third-order valence-corrected chi connectivity index (χ3v) is 2.78. The van der Waals surface area contributed by atoms with Gasteiger partial charge in [-0.05, 0) is 41.4 Å². The van der Waals surface area contributed by atoms with Gasteiger partial charge in [0.15, 0.2) is 11.6 Å². The number of aliphatic hydroxyl groups excluding tert-OH is 1. The van der Waals surface area contributed by atoms with E-state index < -0.39 is 17.7 Å². The van der Waals surface area contributed by atoms with Crippen molar-refractivity contribution in [3.8, 4) is 0 Å². The second-order valence-corrected chi connectivity index (χ2v) is 3.69. The van der Waals surface area contributed by atoms with E-state index in [1.165, 1.54) is 13.0 Å². The van der Waals surface area contributed by atoms with Gasteiger partial charge in [-0.3, -0.25) is 0 Å². The van der Waals surface area contributed by atoms with E-state index >= 15 is 0 Å². The third-order valence-electron chi connectivity index (χ3n) is 1.81. The van der Waals surface area contributed by atoms with Crippen molar-refractivity contribution in [2.45, 2.75) is 20.0 Å². The number of rotatable bonds is 1. The van der Waals surface area contributed by atoms with Crippen LogP contribution in [0.5, 0.6) is 0 Å². The standard InChI is InChI=1S/C9H9BrF2O/c1-4-3-6(5(2)13)8(11)9(12)7(4)10/h3,5,13H,1-2H3. The molecule has 1 atom stereocenters. The summed E-state index contributed by atoms with van der Waals surface area (Å²) in [6, 6.07) is 1.42. The van der Waals surface area contributed by atoms with Crippen LogP contribution in [0.3, 0.4) is 0 Å². The third kappa shape index (κ3) is 1.89. The van der Waals surface area contributed by atoms with Crippen LogP contribution in [0.4, 0.5) is 8.78 Å². The van der Waals surface area contributed by atoms with E-state index in [1.807, 2.05) is 0 Å². The minimum Gasteiger partial charge on any atom is -0.389 e. The number of aryl methyl sites for hydroxylation is 1. The van der Waals surface area contributed by atoms with Gasteiger partial charge in [-0.15, -0.1) is 0 Å². The molecule has 0 aliphatic heterocycles. The minimum atomic E-state index is -0.999. The zero-order chi connectivity index (χ0) is 10.2. The van der Waals surface area contributed by atoms with Crippen LogP contribution in [0.2, 0.25) is 0 Å². The largest absolute Gasteiger partial charge is 0.389 e. The quantitative estimate of drug-likeness (QED) is 0.760. The van der Waals surface area contributed by atoms with Crippen molar-refractivity contribution < 1.29 is 13.9 Å². The monoisotopic (exact) mass is 250 g/mol. The lowest BCUT2D eigenvalue weighted by Crippen LogP contribution is -2.01. The molecule has 4 heteroatoms. The summed E-state index contributed by atoms with van der Waals surface area (Å²) in [6.07, 6.45) is -0.999. The van der Waals surface area contributed by atoms with Crippen molar-refractivity contribution in [2.24, 2.45) is 0 Å². The van der Waals surface area contributed by atoms with E-state index in [9.17, 15) is 8.78 Å². The second-order valence-electron chi connectivity index (χ2n) is 2.90. The van der Waals surface area contributed by atoms with Gasteiger partial charge in [0.1, 0.15) is 0 Å². The van der Waals surface area contributed by atoms with Gasteiger partial charge in [0.05, 0.1) is 10.6 Å². The van der Waals surface area contributed by atoms with Gasteiger partial charge in [0, 0.05) is 5.56 Å². The Bertz CT molecular complexity index is 337. The van der Waals surface area contributed by atoms with Crippen LogP contribution in [-0.2, 0) is 0 Å². The fraction of sp³-hybridized carbons (Fsp3) is 0.333. The summed E-state index contributed by atoms with van der Waals surface area (Å²) in [5, 5.41) is 9.12. The fourth-order valence-electron chi connectivity index (χ4n) is 1.06. The van der Waals surface area contributed by atoms with Gasteiger partial charge in [-0.1, -0.05) is 0 Å². The first-order valence-corrected chi connectivity index (χ1v) is 4.56. The first-order chi connectivity index (χ1) is 5.95. The summed E-state index contributed by atoms with van der Waals surface area (Å²) in [6.45, 7) is 3.03. The number of hydrogen-bond donors (Lipinski definition) is 1. The lowest BCUT2D eigenvalue weighted by atomic mass is 10.1. The Hall–Kier alpha value is -0.480. The Kier molecular flexibility index (Phi) is 3.03. The van der Waals surface area contributed by atoms with E-state index in [4.69, 9.17) is 5.11 Å². The number of benzene rings is 1. The number of aliphatic hydroxyl groups is 1. The first kappa shape index (κ1) is 10.6. The molecule has 1 aromatic rings. The highest BCUT2D eigenvalue weighted by molar-refractivity contribution is 9.10. The van der Waals surface area contributed by atoms with Gasteiger partial charge in [-0.25, -0.2) is 8.78 Å². The predicted octanol–water partition coefficient (Wildman–Crippen LogP) is 3.09. The summed E-state index contributed by atoms with van der Waals surface area (Å²) in [4.78, 5) is 0. The summed E-state index contributed by atoms with van der Waals surface area (Å²) in [7, 11) is 0. The molecular formula is C9H9BrF2O. The molecule has 0 heterocycles. The molecule has 0 amide bonds. The molecule has 1 aromatic carbocycles. The highest BCUT2D eigenvalue weighted by Gasteiger charge is 2.17. The molecule has 0 bridgehead atoms. The smallest absolute Gasteiger partial charge is 0.173 e. The maximum Gasteiger partial charge on any atom is 0.173 e. The average Bonchev–Trinajstić information content (AvgIpc) is 2.07. The van der Waals surface area contributed by atoms with Gasteiger partial charge in [0.25, 0.3) is 0 Å². The predicted molar refractivity (Wildman–Crippen MR) is 49.4 cm³/mol. The molecule has 0 aliphatic carbocycles. The summed E-state index contributed by atoms with van der Waals surface area (Å²) >= 11 is 2.92. The minimum absolute atomic E-state index is 0.0156. The molecule has 0 saturated heterocycles. The van der Waals surface area contributed by atoms with E-state index in [2.05, 4.69) is 15.9 Å². The SMILES string of the molecule is Cc1cc(C(C)O)c(F)c(F)c1Br. The molecule has 0 saturated carbocycles. The molecule has 1 unspecified atom stereocenters. The van der Waals surface area contributed by atoms with Crippen LogP contribution in [0.1, 0.15) is 24.2 Å². The highest BCUT2D eigenvalue weighted by atomic mass is 79.9. The zero-order valence-corrected chi connectivity index (χ0v) is 8.82. The van der Waals surface area contributed by atoms with Crippen molar-refractivity contribution in [1.29, 1.82) is 0 Å². The van der Waals surface area contributed by atoms with Crippen LogP contribution in [0.25, 0.3) is 0 Å². The normalized spacial score (nSPS) is 13.1. The molecule has 0 aliphatic rings. The van der Waals surface area contributed by atoms with Crippen molar-refractivity contribution in [2.75, 3.05) is 0 Å². The summed E-state index contributed by atoms with van der Waals surface area (Å²) < 4.78 is 26.3. The molecule has 1 N–H and O–H groups in total. The Labute approximate surface area is 83.5 Å². The van der Waals surface area contributed by atoms with Gasteiger partial charge >= 0.3 is 0 Å². The topological polar surface area (TPSA) is 20.2 Å². The molecule has 13 heavy (non-hydrogen) atoms. The van der Waals surface area contributed by atoms with Crippen LogP contribution >= 0.6 is 15.9 Å². The van der Waals surface area contributed by atoms with E-state index in [-0.39, 0.29) is 10.0 Å². The van der Waals surface area contributed by atoms with Crippen LogP contribution < -0.4 is 0 Å². The van der Waals surface area contributed by atoms with E-state index in [0.29, 0.717) is 5.56 Å². The zero-order valence-electron chi connectivity index (χ0n) is 7.24. The fourth-order valence-corrected chi connectivity index (χ4v) is 1.35. The molecule has 0 spiro atoms. The van der Waals surface area contributed by atoms with Gasteiger partial charge < -0.3 is 5.11 Å². The van der Waals surface area contributed by atoms with E-state index in [1.54, 1.807) is 6.92 Å². The lowest BCUT2D eigenvalue weighted by molar-refractivity contribution is 0.192. The molecule has 1 rings (SSSR count). The Morgan fingerprint density at radius 1 is 1.38 bits per heavy atom. The van der Waals surface area contributed by atoms with Crippen molar-refractivity contribution >= 4 is 15.9 Å². The van der Waals surface area contributed by atoms with Crippen molar-refractivity contribution in [3.63, 3.8) is 0 Å². The Morgan fingerprint density at radius 2 is 1.92 bits per heavy atom. The maximum atomic E-state index is 13.1. The average molecular weight is 251 g/mol. The van der Waals surface area contributed by atoms with Crippen LogP contribution in [-0.4, -0.2) is 5.11 Å². The maximum absolute atomic E-state index is 13.1. The van der Waals surface area contributed by atoms with Crippen LogP contribution in [0, 0.1) is 18.6 Å². The number of hydrogen-bond acceptors (Lipinski definition) is 1. The highest BCUT2D eigenvalue weighted by Crippen LogP contribution is 2.28. The lowest BCUT2D eigenvalue weighted by Gasteiger charge is -2.09. The number of halogens is 3. The van der Waals surface area contributed by atoms with E-state index in [0.717, 1.165) is 0 Å². The summed E-state index contributed by atoms with van der Waals surface area (Å²) in [5.74, 6) is -1.94. The molecular weight excluding hydrogens is 242 g/mol. The molecule has 72 valence electrons. The molecule has 0 fully saturated rings. The van der Waals surface area contributed by atoms with Crippen LogP contribution in [0.15, 0.2) is 10.5 Å². The second kappa shape index (κ2) is 3.72. The molecule has 0 radical (unpaired) electrons. The Morgan fingerprint density at radius 3 is 2.38 bits per heavy atom. The summed E-state index contributed by atoms with van der Waals surface area (Å²) in [5.41, 5.74) is 0.549. The van der Waals surface area contributed by atoms with Crippen molar-refractivity contribution in [1.82, 2.24) is 0 Å². The van der Waals surface area contributed by atoms with Gasteiger partial charge in [0.2, 0.25) is 0 Å². The molecule has 0 aromatic heterocycles. The Balaban J connectivity index is 3.41. The van der Waals surface area contributed by atoms with Crippen molar-refractivity contribution in [3.05, 3.63) is 33.3 Å². The first-order valence-electron chi connectivity index (χ1n) is 3.77.